The zero-order chi connectivity index (χ0) is 26.8. The van der Waals surface area contributed by atoms with Crippen molar-refractivity contribution in [2.45, 2.75) is 33.6 Å². The van der Waals surface area contributed by atoms with Gasteiger partial charge in [-0.3, -0.25) is 4.79 Å². The summed E-state index contributed by atoms with van der Waals surface area (Å²) in [6, 6.07) is 4.33. The number of halogens is 1. The van der Waals surface area contributed by atoms with Gasteiger partial charge in [0, 0.05) is 36.7 Å². The van der Waals surface area contributed by atoms with E-state index in [1.165, 1.54) is 12.1 Å². The molecule has 0 aromatic heterocycles. The standard InChI is InChI=1S/C17H25N3O.C11H12FNO2/c1-5-16(13(3)17-14(4)21-9-7-19-17)20-8-6-15(10-18)12(2)11-20;1-7(2)13-9-4-3-8(5-11(14)15)10(12)6-9/h5,10,19H,1-2,6-9,11,18H2,3-4H3;3-4,6,13H,1,5H2,2H3,(H,14,15)/b15-10-,16-13+;. The Hall–Kier alpha value is -3.94. The molecule has 7 nitrogen and oxygen atoms in total. The first-order valence-corrected chi connectivity index (χ1v) is 11.7. The van der Waals surface area contributed by atoms with Crippen LogP contribution in [0.5, 0.6) is 0 Å². The fraction of sp³-hybridized carbons (Fsp3) is 0.321. The molecule has 0 unspecified atom stereocenters. The van der Waals surface area contributed by atoms with Gasteiger partial charge in [0.1, 0.15) is 18.2 Å². The normalized spacial score (nSPS) is 17.3. The summed E-state index contributed by atoms with van der Waals surface area (Å²) in [6.45, 7) is 20.8. The monoisotopic (exact) mass is 496 g/mol. The lowest BCUT2D eigenvalue weighted by atomic mass is 9.98. The van der Waals surface area contributed by atoms with Crippen LogP contribution in [0.25, 0.3) is 0 Å². The van der Waals surface area contributed by atoms with Crippen molar-refractivity contribution in [2.24, 2.45) is 5.73 Å². The van der Waals surface area contributed by atoms with Gasteiger partial charge in [-0.05, 0) is 73.9 Å². The van der Waals surface area contributed by atoms with Gasteiger partial charge in [0.25, 0.3) is 0 Å². The Morgan fingerprint density at radius 1 is 1.39 bits per heavy atom. The van der Waals surface area contributed by atoms with Crippen LogP contribution in [0.1, 0.15) is 32.8 Å². The number of anilines is 1. The van der Waals surface area contributed by atoms with E-state index in [0.29, 0.717) is 11.4 Å². The second-order valence-electron chi connectivity index (χ2n) is 8.67. The highest BCUT2D eigenvalue weighted by molar-refractivity contribution is 5.70. The molecule has 36 heavy (non-hydrogen) atoms. The van der Waals surface area contributed by atoms with E-state index in [-0.39, 0.29) is 12.0 Å². The van der Waals surface area contributed by atoms with Gasteiger partial charge in [-0.15, -0.1) is 0 Å². The molecule has 3 rings (SSSR count). The summed E-state index contributed by atoms with van der Waals surface area (Å²) in [5.41, 5.74) is 12.7. The van der Waals surface area contributed by atoms with Crippen molar-refractivity contribution in [2.75, 3.05) is 31.6 Å². The SMILES string of the molecule is C=C(C)Nc1ccc(CC(=O)O)c(F)c1.C=C/C(=C(/C)C1=C(C)OCCN1)N1CC/C(=C/N)C(=C)C1. The smallest absolute Gasteiger partial charge is 0.307 e. The van der Waals surface area contributed by atoms with E-state index in [9.17, 15) is 9.18 Å². The Morgan fingerprint density at radius 2 is 2.11 bits per heavy atom. The molecule has 1 saturated heterocycles. The molecule has 8 heteroatoms. The minimum absolute atomic E-state index is 0.176. The van der Waals surface area contributed by atoms with Gasteiger partial charge in [0.05, 0.1) is 12.1 Å². The molecule has 2 aliphatic rings. The van der Waals surface area contributed by atoms with Crippen molar-refractivity contribution in [3.63, 3.8) is 0 Å². The Balaban J connectivity index is 0.000000269. The van der Waals surface area contributed by atoms with Gasteiger partial charge in [0.2, 0.25) is 0 Å². The molecule has 0 bridgehead atoms. The van der Waals surface area contributed by atoms with Crippen LogP contribution in [0.4, 0.5) is 10.1 Å². The molecule has 0 atom stereocenters. The van der Waals surface area contributed by atoms with E-state index in [4.69, 9.17) is 15.6 Å². The number of aliphatic carboxylic acids is 1. The van der Waals surface area contributed by atoms with Crippen molar-refractivity contribution < 1.29 is 19.0 Å². The second-order valence-corrected chi connectivity index (χ2v) is 8.67. The van der Waals surface area contributed by atoms with Gasteiger partial charge in [-0.25, -0.2) is 4.39 Å². The van der Waals surface area contributed by atoms with Crippen molar-refractivity contribution >= 4 is 11.7 Å². The van der Waals surface area contributed by atoms with Gasteiger partial charge in [-0.2, -0.15) is 0 Å². The van der Waals surface area contributed by atoms with Crippen LogP contribution in [-0.2, 0) is 16.0 Å². The lowest BCUT2D eigenvalue weighted by Gasteiger charge is -2.34. The third-order valence-corrected chi connectivity index (χ3v) is 5.81. The molecule has 5 N–H and O–H groups in total. The van der Waals surface area contributed by atoms with Crippen LogP contribution in [-0.4, -0.2) is 42.2 Å². The molecule has 0 spiro atoms. The quantitative estimate of drug-likeness (QED) is 0.403. The number of hydrogen-bond donors (Lipinski definition) is 4. The molecule has 2 heterocycles. The molecule has 0 amide bonds. The number of piperidine rings is 1. The number of carboxylic acid groups (broad SMARTS) is 1. The summed E-state index contributed by atoms with van der Waals surface area (Å²) in [5.74, 6) is -0.630. The Bertz CT molecular complexity index is 1120. The summed E-state index contributed by atoms with van der Waals surface area (Å²) in [5, 5.41) is 14.8. The van der Waals surface area contributed by atoms with Crippen LogP contribution < -0.4 is 16.4 Å². The average Bonchev–Trinajstić information content (AvgIpc) is 2.81. The van der Waals surface area contributed by atoms with E-state index < -0.39 is 11.8 Å². The summed E-state index contributed by atoms with van der Waals surface area (Å²) in [7, 11) is 0. The topological polar surface area (TPSA) is 99.8 Å². The van der Waals surface area contributed by atoms with Gasteiger partial charge >= 0.3 is 5.97 Å². The van der Waals surface area contributed by atoms with Crippen molar-refractivity contribution in [1.82, 2.24) is 10.2 Å². The van der Waals surface area contributed by atoms with Crippen LogP contribution in [0.2, 0.25) is 0 Å². The largest absolute Gasteiger partial charge is 0.494 e. The van der Waals surface area contributed by atoms with E-state index in [2.05, 4.69) is 42.2 Å². The van der Waals surface area contributed by atoms with E-state index >= 15 is 0 Å². The van der Waals surface area contributed by atoms with Crippen LogP contribution in [0.3, 0.4) is 0 Å². The summed E-state index contributed by atoms with van der Waals surface area (Å²) in [6.07, 6.45) is 4.20. The Morgan fingerprint density at radius 3 is 2.64 bits per heavy atom. The summed E-state index contributed by atoms with van der Waals surface area (Å²) in [4.78, 5) is 12.7. The van der Waals surface area contributed by atoms with Gasteiger partial charge < -0.3 is 31.1 Å². The molecule has 0 radical (unpaired) electrons. The number of likely N-dealkylation sites (tertiary alicyclic amines) is 1. The first-order chi connectivity index (χ1) is 17.1. The Kier molecular flexibility index (Phi) is 10.4. The zero-order valence-electron chi connectivity index (χ0n) is 21.4. The Labute approximate surface area is 213 Å². The van der Waals surface area contributed by atoms with E-state index in [0.717, 1.165) is 66.5 Å². The minimum Gasteiger partial charge on any atom is -0.494 e. The first-order valence-electron chi connectivity index (χ1n) is 11.7. The first kappa shape index (κ1) is 28.3. The molecule has 194 valence electrons. The van der Waals surface area contributed by atoms with Crippen molar-refractivity contribution in [3.05, 3.63) is 101 Å². The number of allylic oxidation sites excluding steroid dienone is 4. The van der Waals surface area contributed by atoms with Gasteiger partial charge in [0.15, 0.2) is 0 Å². The molecular weight excluding hydrogens is 459 g/mol. The van der Waals surface area contributed by atoms with E-state index in [1.807, 2.05) is 13.0 Å². The highest BCUT2D eigenvalue weighted by Gasteiger charge is 2.21. The second kappa shape index (κ2) is 13.2. The summed E-state index contributed by atoms with van der Waals surface area (Å²) >= 11 is 0. The van der Waals surface area contributed by atoms with Gasteiger partial charge in [-0.1, -0.05) is 25.8 Å². The zero-order valence-corrected chi connectivity index (χ0v) is 21.4. The lowest BCUT2D eigenvalue weighted by Crippen LogP contribution is -2.33. The predicted octanol–water partition coefficient (Wildman–Crippen LogP) is 4.80. The maximum Gasteiger partial charge on any atom is 0.307 e. The highest BCUT2D eigenvalue weighted by Crippen LogP contribution is 2.27. The summed E-state index contributed by atoms with van der Waals surface area (Å²) < 4.78 is 19.0. The lowest BCUT2D eigenvalue weighted by molar-refractivity contribution is -0.136. The fourth-order valence-corrected chi connectivity index (χ4v) is 4.05. The molecule has 2 aliphatic heterocycles. The maximum absolute atomic E-state index is 13.3. The average molecular weight is 497 g/mol. The number of nitrogens with two attached hydrogens (primary N) is 1. The third kappa shape index (κ3) is 7.80. The number of ether oxygens (including phenoxy) is 1. The third-order valence-electron chi connectivity index (χ3n) is 5.81. The van der Waals surface area contributed by atoms with Crippen LogP contribution >= 0.6 is 0 Å². The molecule has 1 fully saturated rings. The molecule has 0 aliphatic carbocycles. The minimum atomic E-state index is -1.05. The molecule has 0 saturated carbocycles. The number of nitrogens with zero attached hydrogens (tertiary/aromatic N) is 1. The van der Waals surface area contributed by atoms with Crippen LogP contribution in [0.15, 0.2) is 89.8 Å². The van der Waals surface area contributed by atoms with Crippen molar-refractivity contribution in [1.29, 1.82) is 0 Å². The molecular formula is C28H37FN4O3. The number of carboxylic acids is 1. The van der Waals surface area contributed by atoms with Crippen molar-refractivity contribution in [3.8, 4) is 0 Å². The maximum atomic E-state index is 13.3. The number of carbonyl (C=O) groups is 1. The number of rotatable bonds is 7. The number of benzene rings is 1. The fourth-order valence-electron chi connectivity index (χ4n) is 4.05. The van der Waals surface area contributed by atoms with E-state index in [1.54, 1.807) is 19.2 Å². The number of hydrogen-bond acceptors (Lipinski definition) is 6. The molecule has 1 aromatic rings. The molecule has 1 aromatic carbocycles. The van der Waals surface area contributed by atoms with Crippen LogP contribution in [0, 0.1) is 5.82 Å². The number of nitrogens with one attached hydrogen (secondary N) is 2. The predicted molar refractivity (Wildman–Crippen MR) is 143 cm³/mol. The highest BCUT2D eigenvalue weighted by atomic mass is 19.1.